The van der Waals surface area contributed by atoms with Crippen molar-refractivity contribution >= 4 is 17.8 Å². The summed E-state index contributed by atoms with van der Waals surface area (Å²) in [5.74, 6) is -0.0138. The third kappa shape index (κ3) is 4.87. The van der Waals surface area contributed by atoms with Crippen LogP contribution in [0.2, 0.25) is 0 Å². The fraction of sp³-hybridized carbons (Fsp3) is 0.571. The van der Waals surface area contributed by atoms with E-state index in [1.807, 2.05) is 4.90 Å². The molecule has 0 unspecified atom stereocenters. The van der Waals surface area contributed by atoms with Crippen molar-refractivity contribution in [1.82, 2.24) is 9.80 Å². The van der Waals surface area contributed by atoms with Crippen molar-refractivity contribution in [2.45, 2.75) is 39.0 Å². The molecule has 2 saturated heterocycles. The van der Waals surface area contributed by atoms with E-state index < -0.39 is 5.97 Å². The molecule has 6 heteroatoms. The Morgan fingerprint density at radius 1 is 1.00 bits per heavy atom. The highest BCUT2D eigenvalue weighted by Gasteiger charge is 2.31. The van der Waals surface area contributed by atoms with Crippen LogP contribution < -0.4 is 0 Å². The van der Waals surface area contributed by atoms with E-state index in [0.29, 0.717) is 37.4 Å². The molecular weight excluding hydrogens is 344 g/mol. The quantitative estimate of drug-likeness (QED) is 0.880. The molecule has 1 aromatic carbocycles. The number of hydrogen-bond donors (Lipinski definition) is 1. The molecule has 2 heterocycles. The second-order valence-electron chi connectivity index (χ2n) is 7.85. The van der Waals surface area contributed by atoms with E-state index in [1.54, 1.807) is 23.1 Å². The van der Waals surface area contributed by atoms with Crippen molar-refractivity contribution in [2.24, 2.45) is 11.8 Å². The van der Waals surface area contributed by atoms with E-state index in [4.69, 9.17) is 5.11 Å². The first-order chi connectivity index (χ1) is 12.9. The molecule has 0 aromatic heterocycles. The van der Waals surface area contributed by atoms with Gasteiger partial charge in [-0.25, -0.2) is 4.79 Å². The van der Waals surface area contributed by atoms with Crippen LogP contribution >= 0.6 is 0 Å². The average molecular weight is 372 g/mol. The summed E-state index contributed by atoms with van der Waals surface area (Å²) < 4.78 is 0. The van der Waals surface area contributed by atoms with E-state index in [1.165, 1.54) is 6.07 Å². The van der Waals surface area contributed by atoms with Gasteiger partial charge in [0.25, 0.3) is 0 Å². The van der Waals surface area contributed by atoms with Gasteiger partial charge in [0.05, 0.1) is 12.0 Å². The zero-order valence-corrected chi connectivity index (χ0v) is 15.9. The lowest BCUT2D eigenvalue weighted by Crippen LogP contribution is -2.46. The monoisotopic (exact) mass is 372 g/mol. The largest absolute Gasteiger partial charge is 0.478 e. The minimum absolute atomic E-state index is 0.00441. The van der Waals surface area contributed by atoms with Gasteiger partial charge in [-0.2, -0.15) is 0 Å². The van der Waals surface area contributed by atoms with E-state index in [2.05, 4.69) is 6.92 Å². The number of rotatable bonds is 4. The second kappa shape index (κ2) is 8.55. The zero-order valence-electron chi connectivity index (χ0n) is 15.9. The van der Waals surface area contributed by atoms with Crippen LogP contribution in [0.4, 0.5) is 0 Å². The van der Waals surface area contributed by atoms with Gasteiger partial charge >= 0.3 is 5.97 Å². The van der Waals surface area contributed by atoms with Gasteiger partial charge in [0.15, 0.2) is 0 Å². The van der Waals surface area contributed by atoms with Gasteiger partial charge in [-0.15, -0.1) is 0 Å². The Balaban J connectivity index is 1.50. The summed E-state index contributed by atoms with van der Waals surface area (Å²) in [5.41, 5.74) is 0.904. The maximum Gasteiger partial charge on any atom is 0.335 e. The molecule has 0 saturated carbocycles. The van der Waals surface area contributed by atoms with Crippen molar-refractivity contribution < 1.29 is 19.5 Å². The van der Waals surface area contributed by atoms with E-state index >= 15 is 0 Å². The van der Waals surface area contributed by atoms with Crippen molar-refractivity contribution in [3.8, 4) is 0 Å². The predicted molar refractivity (Wildman–Crippen MR) is 101 cm³/mol. The number of carbonyl (C=O) groups excluding carboxylic acids is 2. The van der Waals surface area contributed by atoms with Crippen LogP contribution in [0, 0.1) is 11.8 Å². The van der Waals surface area contributed by atoms with Crippen LogP contribution in [0.3, 0.4) is 0 Å². The lowest BCUT2D eigenvalue weighted by molar-refractivity contribution is -0.141. The van der Waals surface area contributed by atoms with Crippen LogP contribution in [-0.2, 0) is 16.0 Å². The molecule has 0 bridgehead atoms. The number of aromatic carboxylic acids is 1. The van der Waals surface area contributed by atoms with E-state index in [0.717, 1.165) is 25.9 Å². The van der Waals surface area contributed by atoms with E-state index in [-0.39, 0.29) is 29.7 Å². The van der Waals surface area contributed by atoms with Crippen LogP contribution in [0.5, 0.6) is 0 Å². The molecule has 1 aromatic rings. The van der Waals surface area contributed by atoms with Crippen molar-refractivity contribution in [3.63, 3.8) is 0 Å². The summed E-state index contributed by atoms with van der Waals surface area (Å²) >= 11 is 0. The molecule has 0 aliphatic carbocycles. The summed E-state index contributed by atoms with van der Waals surface area (Å²) in [6.07, 6.45) is 3.79. The van der Waals surface area contributed by atoms with Gasteiger partial charge in [-0.05, 0) is 49.3 Å². The van der Waals surface area contributed by atoms with Crippen molar-refractivity contribution in [2.75, 3.05) is 26.2 Å². The third-order valence-corrected chi connectivity index (χ3v) is 5.82. The van der Waals surface area contributed by atoms with Gasteiger partial charge in [0.1, 0.15) is 0 Å². The molecule has 2 aliphatic rings. The summed E-state index contributed by atoms with van der Waals surface area (Å²) in [5, 5.41) is 9.06. The van der Waals surface area contributed by atoms with Gasteiger partial charge in [0, 0.05) is 32.1 Å². The SMILES string of the molecule is CC1CCN(C(=O)C2CCN(C(=O)Cc3cccc(C(=O)O)c3)CC2)CC1. The lowest BCUT2D eigenvalue weighted by atomic mass is 9.92. The Morgan fingerprint density at radius 2 is 1.63 bits per heavy atom. The first-order valence-corrected chi connectivity index (χ1v) is 9.83. The van der Waals surface area contributed by atoms with Gasteiger partial charge < -0.3 is 14.9 Å². The zero-order chi connectivity index (χ0) is 19.4. The maximum absolute atomic E-state index is 12.7. The topological polar surface area (TPSA) is 77.9 Å². The fourth-order valence-corrected chi connectivity index (χ4v) is 3.96. The fourth-order valence-electron chi connectivity index (χ4n) is 3.96. The van der Waals surface area contributed by atoms with Gasteiger partial charge in [-0.3, -0.25) is 9.59 Å². The highest BCUT2D eigenvalue weighted by molar-refractivity contribution is 5.88. The van der Waals surface area contributed by atoms with Crippen molar-refractivity contribution in [3.05, 3.63) is 35.4 Å². The van der Waals surface area contributed by atoms with Crippen molar-refractivity contribution in [1.29, 1.82) is 0 Å². The normalized spacial score (nSPS) is 19.1. The molecule has 0 radical (unpaired) electrons. The van der Waals surface area contributed by atoms with Crippen LogP contribution in [0.1, 0.15) is 48.5 Å². The molecule has 27 heavy (non-hydrogen) atoms. The summed E-state index contributed by atoms with van der Waals surface area (Å²) in [7, 11) is 0. The smallest absolute Gasteiger partial charge is 0.335 e. The molecule has 2 amide bonds. The first kappa shape index (κ1) is 19.4. The number of nitrogens with zero attached hydrogens (tertiary/aromatic N) is 2. The summed E-state index contributed by atoms with van der Waals surface area (Å²) in [6.45, 7) is 5.15. The maximum atomic E-state index is 12.7. The molecule has 3 rings (SSSR count). The number of carboxylic acid groups (broad SMARTS) is 1. The molecule has 0 atom stereocenters. The molecule has 2 aliphatic heterocycles. The molecule has 1 N–H and O–H groups in total. The Labute approximate surface area is 160 Å². The highest BCUT2D eigenvalue weighted by Crippen LogP contribution is 2.24. The summed E-state index contributed by atoms with van der Waals surface area (Å²) in [6, 6.07) is 6.51. The number of hydrogen-bond acceptors (Lipinski definition) is 3. The van der Waals surface area contributed by atoms with Gasteiger partial charge in [-0.1, -0.05) is 19.1 Å². The average Bonchev–Trinajstić information content (AvgIpc) is 2.68. The molecule has 2 fully saturated rings. The number of likely N-dealkylation sites (tertiary alicyclic amines) is 2. The molecule has 0 spiro atoms. The van der Waals surface area contributed by atoms with Crippen LogP contribution in [0.25, 0.3) is 0 Å². The minimum Gasteiger partial charge on any atom is -0.478 e. The number of amides is 2. The molecule has 146 valence electrons. The number of carbonyl (C=O) groups is 3. The summed E-state index contributed by atoms with van der Waals surface area (Å²) in [4.78, 5) is 40.1. The first-order valence-electron chi connectivity index (χ1n) is 9.83. The Kier molecular flexibility index (Phi) is 6.14. The Hall–Kier alpha value is -2.37. The second-order valence-corrected chi connectivity index (χ2v) is 7.85. The highest BCUT2D eigenvalue weighted by atomic mass is 16.4. The van der Waals surface area contributed by atoms with Crippen LogP contribution in [0.15, 0.2) is 24.3 Å². The number of carboxylic acids is 1. The third-order valence-electron chi connectivity index (χ3n) is 5.82. The lowest BCUT2D eigenvalue weighted by Gasteiger charge is -2.36. The standard InChI is InChI=1S/C21H28N2O4/c1-15-5-9-23(10-6-15)20(25)17-7-11-22(12-8-17)19(24)14-16-3-2-4-18(13-16)21(26)27/h2-4,13,15,17H,5-12,14H2,1H3,(H,26,27). The van der Waals surface area contributed by atoms with E-state index in [9.17, 15) is 14.4 Å². The number of piperidine rings is 2. The molecular formula is C21H28N2O4. The Bertz CT molecular complexity index is 702. The minimum atomic E-state index is -0.990. The van der Waals surface area contributed by atoms with Crippen LogP contribution in [-0.4, -0.2) is 58.9 Å². The predicted octanol–water partition coefficient (Wildman–Crippen LogP) is 2.42. The Morgan fingerprint density at radius 3 is 2.26 bits per heavy atom. The number of benzene rings is 1. The molecule has 6 nitrogen and oxygen atoms in total. The van der Waals surface area contributed by atoms with Gasteiger partial charge in [0.2, 0.25) is 11.8 Å².